The molecule has 0 aromatic heterocycles. The maximum absolute atomic E-state index is 13.1. The van der Waals surface area contributed by atoms with E-state index in [0.29, 0.717) is 0 Å². The molecular formula is C14H12F2N2O. The summed E-state index contributed by atoms with van der Waals surface area (Å²) in [6, 6.07) is 9.00. The maximum Gasteiger partial charge on any atom is 0.161 e. The van der Waals surface area contributed by atoms with E-state index in [0.717, 1.165) is 23.4 Å². The number of hydrogen-bond donors (Lipinski definition) is 1. The molecule has 0 saturated heterocycles. The molecule has 0 amide bonds. The van der Waals surface area contributed by atoms with Crippen LogP contribution in [0.1, 0.15) is 5.56 Å². The molecule has 0 heterocycles. The van der Waals surface area contributed by atoms with Crippen molar-refractivity contribution < 1.29 is 13.5 Å². The third kappa shape index (κ3) is 3.07. The van der Waals surface area contributed by atoms with Crippen LogP contribution in [0.5, 0.6) is 5.75 Å². The van der Waals surface area contributed by atoms with Gasteiger partial charge in [-0.1, -0.05) is 0 Å². The van der Waals surface area contributed by atoms with Gasteiger partial charge in [0, 0.05) is 18.3 Å². The zero-order chi connectivity index (χ0) is 13.8. The molecule has 0 fully saturated rings. The summed E-state index contributed by atoms with van der Waals surface area (Å²) in [7, 11) is 1.57. The SMILES string of the molecule is COc1ccc(C=Nc2cc(F)c(F)cc2N)cc1. The second-order valence-electron chi connectivity index (χ2n) is 3.86. The molecule has 0 radical (unpaired) electrons. The first-order chi connectivity index (χ1) is 9.10. The average Bonchev–Trinajstić information content (AvgIpc) is 2.42. The van der Waals surface area contributed by atoms with Gasteiger partial charge >= 0.3 is 0 Å². The highest BCUT2D eigenvalue weighted by Crippen LogP contribution is 2.24. The van der Waals surface area contributed by atoms with E-state index in [4.69, 9.17) is 10.5 Å². The molecule has 0 saturated carbocycles. The van der Waals surface area contributed by atoms with E-state index < -0.39 is 11.6 Å². The van der Waals surface area contributed by atoms with Crippen molar-refractivity contribution in [3.63, 3.8) is 0 Å². The second kappa shape index (κ2) is 5.48. The number of rotatable bonds is 3. The second-order valence-corrected chi connectivity index (χ2v) is 3.86. The normalized spacial score (nSPS) is 10.9. The molecule has 0 aliphatic carbocycles. The number of benzene rings is 2. The van der Waals surface area contributed by atoms with Crippen molar-refractivity contribution >= 4 is 17.6 Å². The first-order valence-electron chi connectivity index (χ1n) is 5.53. The molecule has 2 N–H and O–H groups in total. The van der Waals surface area contributed by atoms with Crippen LogP contribution in [0.2, 0.25) is 0 Å². The van der Waals surface area contributed by atoms with E-state index in [-0.39, 0.29) is 11.4 Å². The van der Waals surface area contributed by atoms with Crippen molar-refractivity contribution in [2.45, 2.75) is 0 Å². The molecule has 2 aromatic rings. The van der Waals surface area contributed by atoms with E-state index in [1.54, 1.807) is 31.4 Å². The minimum absolute atomic E-state index is 0.0867. The zero-order valence-corrected chi connectivity index (χ0v) is 10.2. The van der Waals surface area contributed by atoms with Crippen molar-refractivity contribution in [2.75, 3.05) is 12.8 Å². The van der Waals surface area contributed by atoms with Gasteiger partial charge in [0.05, 0.1) is 18.5 Å². The van der Waals surface area contributed by atoms with Gasteiger partial charge in [-0.25, -0.2) is 8.78 Å². The Labute approximate surface area is 109 Å². The quantitative estimate of drug-likeness (QED) is 0.681. The third-order valence-electron chi connectivity index (χ3n) is 2.54. The van der Waals surface area contributed by atoms with E-state index in [1.807, 2.05) is 0 Å². The molecule has 0 aliphatic rings. The van der Waals surface area contributed by atoms with E-state index in [1.165, 1.54) is 6.21 Å². The lowest BCUT2D eigenvalue weighted by Gasteiger charge is -2.02. The zero-order valence-electron chi connectivity index (χ0n) is 10.2. The van der Waals surface area contributed by atoms with Gasteiger partial charge in [0.2, 0.25) is 0 Å². The van der Waals surface area contributed by atoms with Crippen LogP contribution in [0.15, 0.2) is 41.4 Å². The molecule has 0 spiro atoms. The summed E-state index contributed by atoms with van der Waals surface area (Å²) in [4.78, 5) is 4.04. The summed E-state index contributed by atoms with van der Waals surface area (Å²) in [5, 5.41) is 0. The molecule has 2 aromatic carbocycles. The van der Waals surface area contributed by atoms with Crippen molar-refractivity contribution in [1.82, 2.24) is 0 Å². The van der Waals surface area contributed by atoms with Gasteiger partial charge in [0.1, 0.15) is 5.75 Å². The fraction of sp³-hybridized carbons (Fsp3) is 0.0714. The fourth-order valence-corrected chi connectivity index (χ4v) is 1.50. The van der Waals surface area contributed by atoms with Crippen molar-refractivity contribution in [2.24, 2.45) is 4.99 Å². The van der Waals surface area contributed by atoms with Gasteiger partial charge in [0.25, 0.3) is 0 Å². The number of nitrogen functional groups attached to an aromatic ring is 1. The Balaban J connectivity index is 2.24. The lowest BCUT2D eigenvalue weighted by atomic mass is 10.2. The summed E-state index contributed by atoms with van der Waals surface area (Å²) < 4.78 is 31.0. The molecule has 98 valence electrons. The monoisotopic (exact) mass is 262 g/mol. The highest BCUT2D eigenvalue weighted by molar-refractivity contribution is 5.83. The molecule has 0 bridgehead atoms. The minimum atomic E-state index is -0.985. The molecule has 0 aliphatic heterocycles. The molecule has 2 rings (SSSR count). The van der Waals surface area contributed by atoms with Gasteiger partial charge < -0.3 is 10.5 Å². The largest absolute Gasteiger partial charge is 0.497 e. The smallest absolute Gasteiger partial charge is 0.161 e. The Kier molecular flexibility index (Phi) is 3.75. The summed E-state index contributed by atoms with van der Waals surface area (Å²) in [5.74, 6) is -1.23. The van der Waals surface area contributed by atoms with Crippen LogP contribution >= 0.6 is 0 Å². The fourth-order valence-electron chi connectivity index (χ4n) is 1.50. The van der Waals surface area contributed by atoms with Crippen molar-refractivity contribution in [3.8, 4) is 5.75 Å². The van der Waals surface area contributed by atoms with Crippen LogP contribution in [0.4, 0.5) is 20.2 Å². The predicted octanol–water partition coefficient (Wildman–Crippen LogP) is 3.31. The Bertz CT molecular complexity index is 610. The molecular weight excluding hydrogens is 250 g/mol. The Morgan fingerprint density at radius 2 is 1.74 bits per heavy atom. The minimum Gasteiger partial charge on any atom is -0.497 e. The van der Waals surface area contributed by atoms with Crippen LogP contribution in [-0.2, 0) is 0 Å². The van der Waals surface area contributed by atoms with Gasteiger partial charge in [-0.2, -0.15) is 0 Å². The highest BCUT2D eigenvalue weighted by Gasteiger charge is 2.06. The van der Waals surface area contributed by atoms with Crippen molar-refractivity contribution in [1.29, 1.82) is 0 Å². The summed E-state index contributed by atoms with van der Waals surface area (Å²) in [6.45, 7) is 0. The third-order valence-corrected chi connectivity index (χ3v) is 2.54. The van der Waals surface area contributed by atoms with Gasteiger partial charge in [-0.15, -0.1) is 0 Å². The number of hydrogen-bond acceptors (Lipinski definition) is 3. The molecule has 5 heteroatoms. The molecule has 19 heavy (non-hydrogen) atoms. The van der Waals surface area contributed by atoms with Crippen LogP contribution in [0, 0.1) is 11.6 Å². The van der Waals surface area contributed by atoms with Crippen LogP contribution in [0.25, 0.3) is 0 Å². The topological polar surface area (TPSA) is 47.6 Å². The Hall–Kier alpha value is -2.43. The standard InChI is InChI=1S/C14H12F2N2O/c1-19-10-4-2-9(3-5-10)8-18-14-7-12(16)11(15)6-13(14)17/h2-8H,17H2,1H3. The van der Waals surface area contributed by atoms with Crippen LogP contribution < -0.4 is 10.5 Å². The number of anilines is 1. The summed E-state index contributed by atoms with van der Waals surface area (Å²) >= 11 is 0. The summed E-state index contributed by atoms with van der Waals surface area (Å²) in [5.41, 5.74) is 6.63. The molecule has 0 unspecified atom stereocenters. The number of aliphatic imine (C=N–C) groups is 1. The molecule has 3 nitrogen and oxygen atoms in total. The Morgan fingerprint density at radius 3 is 2.37 bits per heavy atom. The first-order valence-corrected chi connectivity index (χ1v) is 5.53. The predicted molar refractivity (Wildman–Crippen MR) is 71.0 cm³/mol. The van der Waals surface area contributed by atoms with Crippen LogP contribution in [0.3, 0.4) is 0 Å². The highest BCUT2D eigenvalue weighted by atomic mass is 19.2. The Morgan fingerprint density at radius 1 is 1.11 bits per heavy atom. The maximum atomic E-state index is 13.1. The first kappa shape index (κ1) is 13.0. The van der Waals surface area contributed by atoms with Gasteiger partial charge in [0.15, 0.2) is 11.6 Å². The van der Waals surface area contributed by atoms with E-state index in [2.05, 4.69) is 4.99 Å². The van der Waals surface area contributed by atoms with E-state index in [9.17, 15) is 8.78 Å². The average molecular weight is 262 g/mol. The number of nitrogens with two attached hydrogens (primary N) is 1. The molecule has 0 atom stereocenters. The van der Waals surface area contributed by atoms with Crippen LogP contribution in [-0.4, -0.2) is 13.3 Å². The van der Waals surface area contributed by atoms with Crippen molar-refractivity contribution in [3.05, 3.63) is 53.6 Å². The lowest BCUT2D eigenvalue weighted by molar-refractivity contribution is 0.415. The number of methoxy groups -OCH3 is 1. The number of nitrogens with zero attached hydrogens (tertiary/aromatic N) is 1. The van der Waals surface area contributed by atoms with Gasteiger partial charge in [-0.3, -0.25) is 4.99 Å². The van der Waals surface area contributed by atoms with E-state index >= 15 is 0 Å². The number of halogens is 2. The van der Waals surface area contributed by atoms with Gasteiger partial charge in [-0.05, 0) is 29.8 Å². The summed E-state index contributed by atoms with van der Waals surface area (Å²) in [6.07, 6.45) is 1.52. The lowest BCUT2D eigenvalue weighted by Crippen LogP contribution is -1.91. The number of ether oxygens (including phenoxy) is 1.